The summed E-state index contributed by atoms with van der Waals surface area (Å²) in [6, 6.07) is 17.3. The van der Waals surface area contributed by atoms with E-state index in [9.17, 15) is 5.11 Å². The van der Waals surface area contributed by atoms with Crippen molar-refractivity contribution in [2.24, 2.45) is 0 Å². The van der Waals surface area contributed by atoms with E-state index in [2.05, 4.69) is 48.5 Å². The second-order valence-electron chi connectivity index (χ2n) is 4.96. The highest BCUT2D eigenvalue weighted by molar-refractivity contribution is 5.44. The van der Waals surface area contributed by atoms with Gasteiger partial charge in [0.05, 0.1) is 0 Å². The molecule has 0 amide bonds. The average molecular weight is 238 g/mol. The van der Waals surface area contributed by atoms with Crippen LogP contribution < -0.4 is 0 Å². The van der Waals surface area contributed by atoms with Gasteiger partial charge in [-0.25, -0.2) is 0 Å². The third-order valence-electron chi connectivity index (χ3n) is 3.94. The summed E-state index contributed by atoms with van der Waals surface area (Å²) in [6.07, 6.45) is 3.03. The van der Waals surface area contributed by atoms with Crippen LogP contribution in [0.15, 0.2) is 48.5 Å². The van der Waals surface area contributed by atoms with E-state index in [0.717, 1.165) is 19.3 Å². The van der Waals surface area contributed by atoms with E-state index in [4.69, 9.17) is 0 Å². The molecule has 1 aliphatic carbocycles. The van der Waals surface area contributed by atoms with Gasteiger partial charge in [-0.1, -0.05) is 48.5 Å². The fraction of sp³-hybridized carbons (Fsp3) is 0.294. The largest absolute Gasteiger partial charge is 0.396 e. The molecule has 1 aliphatic rings. The van der Waals surface area contributed by atoms with Crippen molar-refractivity contribution < 1.29 is 5.11 Å². The van der Waals surface area contributed by atoms with Gasteiger partial charge in [-0.3, -0.25) is 0 Å². The topological polar surface area (TPSA) is 20.2 Å². The fourth-order valence-corrected chi connectivity index (χ4v) is 3.08. The fourth-order valence-electron chi connectivity index (χ4n) is 3.08. The third-order valence-corrected chi connectivity index (χ3v) is 3.94. The van der Waals surface area contributed by atoms with Gasteiger partial charge in [0, 0.05) is 12.5 Å². The molecule has 2 aromatic rings. The maximum atomic E-state index is 9.36. The Bertz CT molecular complexity index is 497. The number of aliphatic hydroxyl groups is 1. The number of aliphatic hydroxyl groups excluding tert-OH is 1. The average Bonchev–Trinajstić information content (AvgIpc) is 2.58. The summed E-state index contributed by atoms with van der Waals surface area (Å²) in [4.78, 5) is 0. The van der Waals surface area contributed by atoms with Crippen LogP contribution in [0.2, 0.25) is 0 Å². The van der Waals surface area contributed by atoms with Crippen LogP contribution in [0, 0.1) is 0 Å². The van der Waals surface area contributed by atoms with Gasteiger partial charge in [-0.2, -0.15) is 0 Å². The summed E-state index contributed by atoms with van der Waals surface area (Å²) in [6.45, 7) is 0.243. The summed E-state index contributed by atoms with van der Waals surface area (Å²) in [5, 5.41) is 9.36. The molecule has 3 rings (SSSR count). The second kappa shape index (κ2) is 4.95. The minimum absolute atomic E-state index is 0.243. The third kappa shape index (κ3) is 1.95. The normalized spacial score (nSPS) is 14.7. The van der Waals surface area contributed by atoms with Gasteiger partial charge in [0.2, 0.25) is 0 Å². The first kappa shape index (κ1) is 11.5. The van der Waals surface area contributed by atoms with Crippen molar-refractivity contribution in [2.45, 2.75) is 25.2 Å². The summed E-state index contributed by atoms with van der Waals surface area (Å²) < 4.78 is 0. The van der Waals surface area contributed by atoms with Gasteiger partial charge in [0.15, 0.2) is 0 Å². The molecule has 0 atom stereocenters. The quantitative estimate of drug-likeness (QED) is 0.851. The molecule has 0 bridgehead atoms. The van der Waals surface area contributed by atoms with Crippen molar-refractivity contribution in [3.8, 4) is 0 Å². The zero-order valence-corrected chi connectivity index (χ0v) is 10.5. The Morgan fingerprint density at radius 2 is 1.33 bits per heavy atom. The number of benzene rings is 2. The maximum absolute atomic E-state index is 9.36. The van der Waals surface area contributed by atoms with Gasteiger partial charge in [0.1, 0.15) is 0 Å². The highest BCUT2D eigenvalue weighted by atomic mass is 16.3. The lowest BCUT2D eigenvalue weighted by Gasteiger charge is -2.19. The van der Waals surface area contributed by atoms with Crippen LogP contribution in [0.5, 0.6) is 0 Å². The molecule has 0 spiro atoms. The Balaban J connectivity index is 2.15. The Labute approximate surface area is 108 Å². The highest BCUT2D eigenvalue weighted by Gasteiger charge is 2.22. The van der Waals surface area contributed by atoms with Crippen LogP contribution in [0.25, 0.3) is 0 Å². The summed E-state index contributed by atoms with van der Waals surface area (Å²) in [5.74, 6) is 0.352. The molecular formula is C17H18O. The lowest BCUT2D eigenvalue weighted by Crippen LogP contribution is -2.05. The van der Waals surface area contributed by atoms with Gasteiger partial charge >= 0.3 is 0 Å². The van der Waals surface area contributed by atoms with Crippen LogP contribution in [-0.2, 0) is 12.8 Å². The number of hydrogen-bond acceptors (Lipinski definition) is 1. The molecule has 92 valence electrons. The number of rotatable bonds is 2. The van der Waals surface area contributed by atoms with Crippen LogP contribution >= 0.6 is 0 Å². The molecule has 0 fully saturated rings. The molecule has 1 heteroatoms. The molecule has 0 heterocycles. The Hall–Kier alpha value is -1.60. The van der Waals surface area contributed by atoms with E-state index in [1.54, 1.807) is 0 Å². The zero-order valence-electron chi connectivity index (χ0n) is 10.5. The minimum Gasteiger partial charge on any atom is -0.396 e. The van der Waals surface area contributed by atoms with E-state index in [1.807, 2.05) is 0 Å². The second-order valence-corrected chi connectivity index (χ2v) is 4.96. The van der Waals surface area contributed by atoms with Crippen molar-refractivity contribution in [1.29, 1.82) is 0 Å². The molecule has 0 aromatic heterocycles. The van der Waals surface area contributed by atoms with Crippen molar-refractivity contribution in [2.75, 3.05) is 6.61 Å². The molecule has 0 unspecified atom stereocenters. The molecule has 0 saturated heterocycles. The van der Waals surface area contributed by atoms with Crippen molar-refractivity contribution in [3.05, 3.63) is 70.8 Å². The molecule has 0 radical (unpaired) electrons. The van der Waals surface area contributed by atoms with E-state index in [0.29, 0.717) is 5.92 Å². The minimum atomic E-state index is 0.243. The summed E-state index contributed by atoms with van der Waals surface area (Å²) in [5.41, 5.74) is 5.67. The first-order chi connectivity index (χ1) is 8.90. The van der Waals surface area contributed by atoms with Crippen molar-refractivity contribution >= 4 is 0 Å². The molecule has 1 nitrogen and oxygen atoms in total. The van der Waals surface area contributed by atoms with Crippen LogP contribution in [0.3, 0.4) is 0 Å². The van der Waals surface area contributed by atoms with E-state index < -0.39 is 0 Å². The van der Waals surface area contributed by atoms with E-state index in [1.165, 1.54) is 22.3 Å². The first-order valence-electron chi connectivity index (χ1n) is 6.66. The Morgan fingerprint density at radius 3 is 1.83 bits per heavy atom. The van der Waals surface area contributed by atoms with Gasteiger partial charge < -0.3 is 5.11 Å². The van der Waals surface area contributed by atoms with Crippen molar-refractivity contribution in [1.82, 2.24) is 0 Å². The lowest BCUT2D eigenvalue weighted by atomic mass is 9.86. The number of hydrogen-bond donors (Lipinski definition) is 1. The lowest BCUT2D eigenvalue weighted by molar-refractivity contribution is 0.281. The predicted octanol–water partition coefficient (Wildman–Crippen LogP) is 3.30. The smallest absolute Gasteiger partial charge is 0.0440 e. The van der Waals surface area contributed by atoms with Gasteiger partial charge in [0.25, 0.3) is 0 Å². The van der Waals surface area contributed by atoms with Gasteiger partial charge in [-0.05, 0) is 41.5 Å². The van der Waals surface area contributed by atoms with Crippen LogP contribution in [0.4, 0.5) is 0 Å². The maximum Gasteiger partial charge on any atom is 0.0440 e. The molecule has 18 heavy (non-hydrogen) atoms. The van der Waals surface area contributed by atoms with Crippen LogP contribution in [-0.4, -0.2) is 11.7 Å². The van der Waals surface area contributed by atoms with Gasteiger partial charge in [-0.15, -0.1) is 0 Å². The Kier molecular flexibility index (Phi) is 3.16. The molecule has 2 aromatic carbocycles. The monoisotopic (exact) mass is 238 g/mol. The standard InChI is InChI=1S/C17H18O/c18-12-11-17-15-7-3-1-5-13(15)9-10-14-6-2-4-8-16(14)17/h1-8,17-18H,9-12H2. The number of aryl methyl sites for hydroxylation is 2. The van der Waals surface area contributed by atoms with E-state index in [-0.39, 0.29) is 6.61 Å². The van der Waals surface area contributed by atoms with E-state index >= 15 is 0 Å². The first-order valence-corrected chi connectivity index (χ1v) is 6.66. The molecular weight excluding hydrogens is 220 g/mol. The molecule has 0 aliphatic heterocycles. The predicted molar refractivity (Wildman–Crippen MR) is 73.8 cm³/mol. The Morgan fingerprint density at radius 1 is 0.833 bits per heavy atom. The summed E-state index contributed by atoms with van der Waals surface area (Å²) >= 11 is 0. The zero-order chi connectivity index (χ0) is 12.4. The number of fused-ring (bicyclic) bond motifs is 2. The highest BCUT2D eigenvalue weighted by Crippen LogP contribution is 2.35. The molecule has 0 saturated carbocycles. The van der Waals surface area contributed by atoms with Crippen LogP contribution in [0.1, 0.15) is 34.6 Å². The molecule has 1 N–H and O–H groups in total. The SMILES string of the molecule is OCCC1c2ccccc2CCc2ccccc21. The summed E-state index contributed by atoms with van der Waals surface area (Å²) in [7, 11) is 0. The van der Waals surface area contributed by atoms with Crippen molar-refractivity contribution in [3.63, 3.8) is 0 Å².